The van der Waals surface area contributed by atoms with Gasteiger partial charge < -0.3 is 9.84 Å². The van der Waals surface area contributed by atoms with Crippen LogP contribution in [-0.4, -0.2) is 16.1 Å². The minimum Gasteiger partial charge on any atom is -0.487 e. The molecule has 0 amide bonds. The maximum Gasteiger partial charge on any atom is 0.354 e. The minimum absolute atomic E-state index is 0.0108. The molecule has 0 aliphatic heterocycles. The van der Waals surface area contributed by atoms with Gasteiger partial charge in [-0.2, -0.15) is 0 Å². The van der Waals surface area contributed by atoms with Gasteiger partial charge in [-0.05, 0) is 52.4 Å². The zero-order valence-electron chi connectivity index (χ0n) is 9.34. The molecule has 1 aromatic heterocycles. The highest BCUT2D eigenvalue weighted by atomic mass is 127. The number of nitrogens with zero attached hydrogens (tertiary/aromatic N) is 1. The Balaban J connectivity index is 1.97. The van der Waals surface area contributed by atoms with Crippen LogP contribution in [0.15, 0.2) is 42.6 Å². The van der Waals surface area contributed by atoms with Crippen molar-refractivity contribution in [2.75, 3.05) is 0 Å². The Morgan fingerprint density at radius 3 is 2.50 bits per heavy atom. The maximum absolute atomic E-state index is 10.6. The van der Waals surface area contributed by atoms with Gasteiger partial charge in [-0.1, -0.05) is 12.1 Å². The molecule has 0 radical (unpaired) electrons. The van der Waals surface area contributed by atoms with Gasteiger partial charge in [0.05, 0.1) is 6.20 Å². The molecule has 92 valence electrons. The largest absolute Gasteiger partial charge is 0.487 e. The Morgan fingerprint density at radius 1 is 1.22 bits per heavy atom. The average molecular weight is 355 g/mol. The smallest absolute Gasteiger partial charge is 0.354 e. The number of aromatic nitrogens is 1. The van der Waals surface area contributed by atoms with E-state index in [-0.39, 0.29) is 5.69 Å². The number of aromatic carboxylic acids is 1. The van der Waals surface area contributed by atoms with Crippen molar-refractivity contribution in [3.8, 4) is 5.75 Å². The molecule has 0 saturated carbocycles. The number of ether oxygens (including phenoxy) is 1. The second kappa shape index (κ2) is 5.81. The number of rotatable bonds is 4. The summed E-state index contributed by atoms with van der Waals surface area (Å²) in [6.07, 6.45) is 1.41. The van der Waals surface area contributed by atoms with E-state index in [0.29, 0.717) is 12.4 Å². The normalized spacial score (nSPS) is 10.1. The van der Waals surface area contributed by atoms with Crippen molar-refractivity contribution in [3.63, 3.8) is 0 Å². The van der Waals surface area contributed by atoms with Crippen LogP contribution in [0.1, 0.15) is 16.1 Å². The number of halogens is 1. The number of hydrogen-bond acceptors (Lipinski definition) is 3. The first kappa shape index (κ1) is 12.8. The van der Waals surface area contributed by atoms with Gasteiger partial charge >= 0.3 is 5.97 Å². The average Bonchev–Trinajstić information content (AvgIpc) is 2.38. The molecule has 18 heavy (non-hydrogen) atoms. The van der Waals surface area contributed by atoms with Gasteiger partial charge in [0.1, 0.15) is 18.1 Å². The van der Waals surface area contributed by atoms with Gasteiger partial charge in [0.25, 0.3) is 0 Å². The number of carboxylic acid groups (broad SMARTS) is 1. The Hall–Kier alpha value is -1.63. The molecule has 0 aliphatic carbocycles. The fourth-order valence-corrected chi connectivity index (χ4v) is 1.70. The zero-order valence-corrected chi connectivity index (χ0v) is 11.5. The highest BCUT2D eigenvalue weighted by Gasteiger charge is 2.04. The van der Waals surface area contributed by atoms with Crippen LogP contribution in [0.3, 0.4) is 0 Å². The van der Waals surface area contributed by atoms with E-state index in [0.717, 1.165) is 5.56 Å². The van der Waals surface area contributed by atoms with Crippen molar-refractivity contribution in [1.29, 1.82) is 0 Å². The molecule has 0 unspecified atom stereocenters. The molecule has 1 heterocycles. The van der Waals surface area contributed by atoms with E-state index in [1.165, 1.54) is 15.8 Å². The summed E-state index contributed by atoms with van der Waals surface area (Å²) in [4.78, 5) is 14.4. The molecule has 0 aliphatic rings. The van der Waals surface area contributed by atoms with E-state index < -0.39 is 5.97 Å². The van der Waals surface area contributed by atoms with Crippen molar-refractivity contribution in [2.45, 2.75) is 6.61 Å². The fourth-order valence-electron chi connectivity index (χ4n) is 1.34. The third-order valence-corrected chi connectivity index (χ3v) is 2.99. The lowest BCUT2D eigenvalue weighted by Gasteiger charge is -2.06. The lowest BCUT2D eigenvalue weighted by atomic mass is 10.2. The number of carboxylic acids is 1. The van der Waals surface area contributed by atoms with Gasteiger partial charge in [-0.3, -0.25) is 0 Å². The standard InChI is InChI=1S/C13H10INO3/c14-10-3-1-9(2-4-10)8-18-11-5-6-12(13(16)17)15-7-11/h1-7H,8H2,(H,16,17). The van der Waals surface area contributed by atoms with Gasteiger partial charge in [-0.25, -0.2) is 9.78 Å². The molecule has 0 atom stereocenters. The molecule has 1 N–H and O–H groups in total. The van der Waals surface area contributed by atoms with E-state index in [9.17, 15) is 4.79 Å². The van der Waals surface area contributed by atoms with Crippen LogP contribution in [0.5, 0.6) is 5.75 Å². The van der Waals surface area contributed by atoms with E-state index in [4.69, 9.17) is 9.84 Å². The first-order valence-electron chi connectivity index (χ1n) is 5.22. The maximum atomic E-state index is 10.6. The summed E-state index contributed by atoms with van der Waals surface area (Å²) in [5, 5.41) is 8.71. The van der Waals surface area contributed by atoms with Gasteiger partial charge in [0.2, 0.25) is 0 Å². The summed E-state index contributed by atoms with van der Waals surface area (Å²) in [6.45, 7) is 0.436. The van der Waals surface area contributed by atoms with E-state index in [1.807, 2.05) is 24.3 Å². The molecule has 5 heteroatoms. The Morgan fingerprint density at radius 2 is 1.94 bits per heavy atom. The Bertz CT molecular complexity index is 537. The summed E-state index contributed by atoms with van der Waals surface area (Å²) < 4.78 is 6.68. The molecule has 1 aromatic carbocycles. The highest BCUT2D eigenvalue weighted by molar-refractivity contribution is 14.1. The van der Waals surface area contributed by atoms with Crippen LogP contribution < -0.4 is 4.74 Å². The summed E-state index contributed by atoms with van der Waals surface area (Å²) in [7, 11) is 0. The first-order chi connectivity index (χ1) is 8.65. The topological polar surface area (TPSA) is 59.4 Å². The molecule has 4 nitrogen and oxygen atoms in total. The lowest BCUT2D eigenvalue weighted by molar-refractivity contribution is 0.0690. The van der Waals surface area contributed by atoms with Gasteiger partial charge in [0.15, 0.2) is 0 Å². The number of pyridine rings is 1. The Kier molecular flexibility index (Phi) is 4.14. The predicted molar refractivity (Wildman–Crippen MR) is 74.7 cm³/mol. The van der Waals surface area contributed by atoms with Crippen molar-refractivity contribution >= 4 is 28.6 Å². The number of benzene rings is 1. The summed E-state index contributed by atoms with van der Waals surface area (Å²) >= 11 is 2.24. The van der Waals surface area contributed by atoms with E-state index in [2.05, 4.69) is 27.6 Å². The summed E-state index contributed by atoms with van der Waals surface area (Å²) in [6, 6.07) is 11.0. The van der Waals surface area contributed by atoms with Gasteiger partial charge in [-0.15, -0.1) is 0 Å². The van der Waals surface area contributed by atoms with Crippen LogP contribution in [0, 0.1) is 3.57 Å². The Labute approximate surface area is 118 Å². The van der Waals surface area contributed by atoms with Crippen molar-refractivity contribution < 1.29 is 14.6 Å². The van der Waals surface area contributed by atoms with Crippen molar-refractivity contribution in [2.24, 2.45) is 0 Å². The summed E-state index contributed by atoms with van der Waals surface area (Å²) in [5.74, 6) is -0.488. The SMILES string of the molecule is O=C(O)c1ccc(OCc2ccc(I)cc2)cn1. The molecule has 0 saturated heterocycles. The molecular formula is C13H10INO3. The quantitative estimate of drug-likeness (QED) is 0.857. The van der Waals surface area contributed by atoms with Gasteiger partial charge in [0, 0.05) is 3.57 Å². The van der Waals surface area contributed by atoms with Crippen LogP contribution in [0.2, 0.25) is 0 Å². The molecular weight excluding hydrogens is 345 g/mol. The third kappa shape index (κ3) is 3.43. The number of hydrogen-bond donors (Lipinski definition) is 1. The highest BCUT2D eigenvalue weighted by Crippen LogP contribution is 2.13. The van der Waals surface area contributed by atoms with E-state index >= 15 is 0 Å². The minimum atomic E-state index is -1.04. The van der Waals surface area contributed by atoms with Crippen LogP contribution in [0.25, 0.3) is 0 Å². The fraction of sp³-hybridized carbons (Fsp3) is 0.0769. The molecule has 0 spiro atoms. The second-order valence-corrected chi connectivity index (χ2v) is 4.85. The van der Waals surface area contributed by atoms with Crippen LogP contribution >= 0.6 is 22.6 Å². The molecule has 2 rings (SSSR count). The second-order valence-electron chi connectivity index (χ2n) is 3.60. The first-order valence-corrected chi connectivity index (χ1v) is 6.29. The van der Waals surface area contributed by atoms with Crippen molar-refractivity contribution in [1.82, 2.24) is 4.98 Å². The monoisotopic (exact) mass is 355 g/mol. The number of carbonyl (C=O) groups is 1. The molecule has 2 aromatic rings. The predicted octanol–water partition coefficient (Wildman–Crippen LogP) is 2.96. The van der Waals surface area contributed by atoms with Crippen LogP contribution in [-0.2, 0) is 6.61 Å². The lowest BCUT2D eigenvalue weighted by Crippen LogP contribution is -2.01. The molecule has 0 fully saturated rings. The summed E-state index contributed by atoms with van der Waals surface area (Å²) in [5.41, 5.74) is 1.06. The van der Waals surface area contributed by atoms with Crippen molar-refractivity contribution in [3.05, 3.63) is 57.4 Å². The molecule has 0 bridgehead atoms. The van der Waals surface area contributed by atoms with E-state index in [1.54, 1.807) is 6.07 Å². The zero-order chi connectivity index (χ0) is 13.0. The van der Waals surface area contributed by atoms with Crippen LogP contribution in [0.4, 0.5) is 0 Å². The third-order valence-electron chi connectivity index (χ3n) is 2.27.